The first-order chi connectivity index (χ1) is 11.7. The maximum Gasteiger partial charge on any atom is 0.316 e. The minimum atomic E-state index is -0.438. The second-order valence-corrected chi connectivity index (χ2v) is 6.98. The van der Waals surface area contributed by atoms with Crippen molar-refractivity contribution >= 4 is 5.97 Å². The van der Waals surface area contributed by atoms with E-state index in [1.54, 1.807) is 0 Å². The normalized spacial score (nSPS) is 25.8. The van der Waals surface area contributed by atoms with Gasteiger partial charge in [0.05, 0.1) is 12.5 Å². The molecule has 124 valence electrons. The Morgan fingerprint density at radius 2 is 1.83 bits per heavy atom. The highest BCUT2D eigenvalue weighted by molar-refractivity contribution is 5.87. The molecule has 3 nitrogen and oxygen atoms in total. The zero-order valence-corrected chi connectivity index (χ0v) is 14.1. The van der Waals surface area contributed by atoms with E-state index in [0.29, 0.717) is 5.92 Å². The molecule has 0 saturated heterocycles. The van der Waals surface area contributed by atoms with Gasteiger partial charge in [0, 0.05) is 19.6 Å². The van der Waals surface area contributed by atoms with Crippen LogP contribution < -0.4 is 0 Å². The first-order valence-electron chi connectivity index (χ1n) is 8.67. The first-order valence-corrected chi connectivity index (χ1v) is 8.67. The van der Waals surface area contributed by atoms with Crippen molar-refractivity contribution in [2.24, 2.45) is 5.92 Å². The summed E-state index contributed by atoms with van der Waals surface area (Å²) in [7, 11) is 1.50. The third kappa shape index (κ3) is 2.53. The largest absolute Gasteiger partial charge is 0.468 e. The van der Waals surface area contributed by atoms with Crippen molar-refractivity contribution in [3.63, 3.8) is 0 Å². The van der Waals surface area contributed by atoms with Gasteiger partial charge in [0.1, 0.15) is 0 Å². The highest BCUT2D eigenvalue weighted by Crippen LogP contribution is 2.55. The molecular formula is C21H23NO2. The average Bonchev–Trinajstić information content (AvgIpc) is 3.36. The van der Waals surface area contributed by atoms with Crippen LogP contribution in [0.15, 0.2) is 54.6 Å². The molecule has 1 aliphatic carbocycles. The zero-order valence-electron chi connectivity index (χ0n) is 14.1. The van der Waals surface area contributed by atoms with Crippen LogP contribution in [-0.2, 0) is 27.9 Å². The number of benzene rings is 2. The van der Waals surface area contributed by atoms with E-state index < -0.39 is 5.41 Å². The van der Waals surface area contributed by atoms with E-state index in [9.17, 15) is 4.79 Å². The molecule has 2 aromatic carbocycles. The highest BCUT2D eigenvalue weighted by atomic mass is 16.5. The van der Waals surface area contributed by atoms with Crippen molar-refractivity contribution in [2.45, 2.75) is 24.8 Å². The first kappa shape index (κ1) is 15.4. The Hall–Kier alpha value is -2.13. The number of fused-ring (bicyclic) bond motifs is 1. The lowest BCUT2D eigenvalue weighted by atomic mass is 9.92. The number of methoxy groups -OCH3 is 1. The second-order valence-electron chi connectivity index (χ2n) is 6.98. The van der Waals surface area contributed by atoms with Crippen LogP contribution in [0.25, 0.3) is 0 Å². The highest BCUT2D eigenvalue weighted by Gasteiger charge is 2.62. The summed E-state index contributed by atoms with van der Waals surface area (Å²) in [6, 6.07) is 18.8. The molecule has 2 atom stereocenters. The molecule has 2 aromatic rings. The van der Waals surface area contributed by atoms with Gasteiger partial charge in [0.2, 0.25) is 0 Å². The van der Waals surface area contributed by atoms with Crippen molar-refractivity contribution in [3.8, 4) is 0 Å². The van der Waals surface area contributed by atoms with E-state index in [4.69, 9.17) is 4.74 Å². The van der Waals surface area contributed by atoms with Gasteiger partial charge in [-0.1, -0.05) is 54.6 Å². The number of hydrogen-bond acceptors (Lipinski definition) is 3. The summed E-state index contributed by atoms with van der Waals surface area (Å²) < 4.78 is 5.15. The fourth-order valence-electron chi connectivity index (χ4n) is 4.21. The molecule has 1 aliphatic heterocycles. The van der Waals surface area contributed by atoms with Gasteiger partial charge in [-0.05, 0) is 35.4 Å². The van der Waals surface area contributed by atoms with E-state index in [1.165, 1.54) is 18.2 Å². The molecule has 0 aromatic heterocycles. The third-order valence-corrected chi connectivity index (χ3v) is 5.63. The van der Waals surface area contributed by atoms with Crippen LogP contribution in [0.3, 0.4) is 0 Å². The number of carbonyl (C=O) groups is 1. The van der Waals surface area contributed by atoms with Gasteiger partial charge >= 0.3 is 5.97 Å². The molecule has 0 bridgehead atoms. The van der Waals surface area contributed by atoms with Crippen LogP contribution >= 0.6 is 0 Å². The van der Waals surface area contributed by atoms with Gasteiger partial charge in [0.15, 0.2) is 0 Å². The number of ether oxygens (including phenoxy) is 1. The summed E-state index contributed by atoms with van der Waals surface area (Å²) in [4.78, 5) is 15.0. The standard InChI is InChI=1S/C21H23NO2/c1-24-20(23)21(18-9-3-2-4-10-18)13-19(21)15-22-12-11-16-7-5-6-8-17(16)14-22/h2-10,19H,11-15H2,1H3/t19-,21+/m1/s1. The second kappa shape index (κ2) is 6.06. The summed E-state index contributed by atoms with van der Waals surface area (Å²) in [6.07, 6.45) is 1.99. The van der Waals surface area contributed by atoms with Crippen LogP contribution in [0.1, 0.15) is 23.1 Å². The summed E-state index contributed by atoms with van der Waals surface area (Å²) in [5.41, 5.74) is 3.55. The van der Waals surface area contributed by atoms with Gasteiger partial charge in [-0.15, -0.1) is 0 Å². The molecule has 1 saturated carbocycles. The van der Waals surface area contributed by atoms with Crippen LogP contribution in [-0.4, -0.2) is 31.1 Å². The van der Waals surface area contributed by atoms with E-state index in [1.807, 2.05) is 18.2 Å². The molecule has 0 N–H and O–H groups in total. The van der Waals surface area contributed by atoms with Crippen LogP contribution in [0.5, 0.6) is 0 Å². The Morgan fingerprint density at radius 1 is 1.12 bits per heavy atom. The van der Waals surface area contributed by atoms with Crippen molar-refractivity contribution in [1.82, 2.24) is 4.90 Å². The molecular weight excluding hydrogens is 298 g/mol. The van der Waals surface area contributed by atoms with E-state index >= 15 is 0 Å². The molecule has 0 spiro atoms. The average molecular weight is 321 g/mol. The van der Waals surface area contributed by atoms with Gasteiger partial charge in [-0.3, -0.25) is 9.69 Å². The minimum Gasteiger partial charge on any atom is -0.468 e. The van der Waals surface area contributed by atoms with Gasteiger partial charge in [-0.25, -0.2) is 0 Å². The van der Waals surface area contributed by atoms with Crippen LogP contribution in [0.2, 0.25) is 0 Å². The molecule has 1 fully saturated rings. The Kier molecular flexibility index (Phi) is 3.89. The smallest absolute Gasteiger partial charge is 0.316 e. The molecule has 0 amide bonds. The lowest BCUT2D eigenvalue weighted by molar-refractivity contribution is -0.144. The van der Waals surface area contributed by atoms with Crippen molar-refractivity contribution in [3.05, 3.63) is 71.3 Å². The summed E-state index contributed by atoms with van der Waals surface area (Å²) in [5.74, 6) is 0.258. The van der Waals surface area contributed by atoms with E-state index in [0.717, 1.165) is 38.0 Å². The lowest BCUT2D eigenvalue weighted by Crippen LogP contribution is -2.35. The quantitative estimate of drug-likeness (QED) is 0.810. The van der Waals surface area contributed by atoms with E-state index in [-0.39, 0.29) is 5.97 Å². The topological polar surface area (TPSA) is 29.5 Å². The Balaban J connectivity index is 1.51. The van der Waals surface area contributed by atoms with Gasteiger partial charge in [0.25, 0.3) is 0 Å². The summed E-state index contributed by atoms with van der Waals surface area (Å²) in [5, 5.41) is 0. The Bertz CT molecular complexity index is 743. The Morgan fingerprint density at radius 3 is 2.58 bits per heavy atom. The summed E-state index contributed by atoms with van der Waals surface area (Å²) >= 11 is 0. The van der Waals surface area contributed by atoms with Crippen LogP contribution in [0, 0.1) is 5.92 Å². The predicted octanol–water partition coefficient (Wildman–Crippen LogP) is 3.18. The number of nitrogens with zero attached hydrogens (tertiary/aromatic N) is 1. The number of hydrogen-bond donors (Lipinski definition) is 0. The zero-order chi connectivity index (χ0) is 16.6. The minimum absolute atomic E-state index is 0.0869. The summed E-state index contributed by atoms with van der Waals surface area (Å²) in [6.45, 7) is 3.01. The fourth-order valence-corrected chi connectivity index (χ4v) is 4.21. The Labute approximate surface area is 143 Å². The van der Waals surface area contributed by atoms with Crippen molar-refractivity contribution in [1.29, 1.82) is 0 Å². The molecule has 3 heteroatoms. The molecule has 0 radical (unpaired) electrons. The van der Waals surface area contributed by atoms with Crippen molar-refractivity contribution in [2.75, 3.05) is 20.2 Å². The maximum absolute atomic E-state index is 12.5. The molecule has 24 heavy (non-hydrogen) atoms. The monoisotopic (exact) mass is 321 g/mol. The predicted molar refractivity (Wildman–Crippen MR) is 93.7 cm³/mol. The molecule has 4 rings (SSSR count). The molecule has 2 aliphatic rings. The van der Waals surface area contributed by atoms with Crippen LogP contribution in [0.4, 0.5) is 0 Å². The lowest BCUT2D eigenvalue weighted by Gasteiger charge is -2.29. The molecule has 0 unspecified atom stereocenters. The fraction of sp³-hybridized carbons (Fsp3) is 0.381. The SMILES string of the molecule is COC(=O)[C@]1(c2ccccc2)C[C@@H]1CN1CCc2ccccc2C1. The maximum atomic E-state index is 12.5. The number of carbonyl (C=O) groups excluding carboxylic acids is 1. The van der Waals surface area contributed by atoms with Gasteiger partial charge < -0.3 is 4.74 Å². The molecule has 1 heterocycles. The third-order valence-electron chi connectivity index (χ3n) is 5.63. The van der Waals surface area contributed by atoms with Gasteiger partial charge in [-0.2, -0.15) is 0 Å². The number of esters is 1. The number of rotatable bonds is 4. The van der Waals surface area contributed by atoms with E-state index in [2.05, 4.69) is 41.3 Å². The van der Waals surface area contributed by atoms with Crippen molar-refractivity contribution < 1.29 is 9.53 Å².